The summed E-state index contributed by atoms with van der Waals surface area (Å²) in [4.78, 5) is 1.30. The highest BCUT2D eigenvalue weighted by atomic mass is 32.2. The number of nitrogens with one attached hydrogen (secondary N) is 2. The summed E-state index contributed by atoms with van der Waals surface area (Å²) < 4.78 is 0. The molecule has 0 bridgehead atoms. The molecule has 20 heavy (non-hydrogen) atoms. The molecule has 2 aromatic carbocycles. The molecule has 1 aliphatic rings. The number of anilines is 1. The third-order valence-electron chi connectivity index (χ3n) is 3.77. The van der Waals surface area contributed by atoms with E-state index < -0.39 is 0 Å². The summed E-state index contributed by atoms with van der Waals surface area (Å²) >= 11 is 1.78. The highest BCUT2D eigenvalue weighted by molar-refractivity contribution is 7.98. The molecule has 3 rings (SSSR count). The van der Waals surface area contributed by atoms with Gasteiger partial charge in [0.25, 0.3) is 0 Å². The van der Waals surface area contributed by atoms with Gasteiger partial charge in [-0.05, 0) is 48.5 Å². The van der Waals surface area contributed by atoms with E-state index in [-0.39, 0.29) is 0 Å². The fraction of sp³-hybridized carbons (Fsp3) is 0.294. The second-order valence-electron chi connectivity index (χ2n) is 5.09. The molecule has 2 N–H and O–H groups in total. The van der Waals surface area contributed by atoms with Gasteiger partial charge in [-0.1, -0.05) is 30.3 Å². The Balaban J connectivity index is 1.86. The van der Waals surface area contributed by atoms with Gasteiger partial charge in [0, 0.05) is 17.1 Å². The maximum absolute atomic E-state index is 3.70. The van der Waals surface area contributed by atoms with Crippen molar-refractivity contribution < 1.29 is 0 Å². The van der Waals surface area contributed by atoms with Crippen molar-refractivity contribution in [3.63, 3.8) is 0 Å². The maximum Gasteiger partial charge on any atom is 0.0529 e. The van der Waals surface area contributed by atoms with Crippen molar-refractivity contribution in [3.05, 3.63) is 59.7 Å². The molecule has 1 heterocycles. The molecular formula is C17H20N2S. The average molecular weight is 284 g/mol. The Hall–Kier alpha value is -1.45. The molecule has 104 valence electrons. The minimum Gasteiger partial charge on any atom is -0.378 e. The van der Waals surface area contributed by atoms with Crippen molar-refractivity contribution in [2.45, 2.75) is 23.9 Å². The third kappa shape index (κ3) is 3.00. The monoisotopic (exact) mass is 284 g/mol. The topological polar surface area (TPSA) is 24.1 Å². The van der Waals surface area contributed by atoms with E-state index in [9.17, 15) is 0 Å². The van der Waals surface area contributed by atoms with Gasteiger partial charge in [0.1, 0.15) is 0 Å². The van der Waals surface area contributed by atoms with Crippen molar-refractivity contribution in [2.75, 3.05) is 18.1 Å². The van der Waals surface area contributed by atoms with Crippen LogP contribution in [0.25, 0.3) is 0 Å². The SMILES string of the molecule is CSc1cccc(NC2CCNCc3ccccc32)c1. The summed E-state index contributed by atoms with van der Waals surface area (Å²) in [6.45, 7) is 2.02. The fourth-order valence-electron chi connectivity index (χ4n) is 2.72. The standard InChI is InChI=1S/C17H20N2S/c1-20-15-7-4-6-14(11-15)19-17-9-10-18-12-13-5-2-3-8-16(13)17/h2-8,11,17-19H,9-10,12H2,1H3. The summed E-state index contributed by atoms with van der Waals surface area (Å²) in [6, 6.07) is 17.8. The second kappa shape index (κ2) is 6.33. The Morgan fingerprint density at radius 2 is 2.05 bits per heavy atom. The summed E-state index contributed by atoms with van der Waals surface area (Å²) in [6.07, 6.45) is 3.23. The van der Waals surface area contributed by atoms with Crippen LogP contribution >= 0.6 is 11.8 Å². The summed E-state index contributed by atoms with van der Waals surface area (Å²) in [7, 11) is 0. The zero-order chi connectivity index (χ0) is 13.8. The minimum absolute atomic E-state index is 0.387. The van der Waals surface area contributed by atoms with E-state index in [0.29, 0.717) is 6.04 Å². The molecule has 0 aliphatic carbocycles. The highest BCUT2D eigenvalue weighted by Gasteiger charge is 2.17. The molecule has 2 aromatic rings. The van der Waals surface area contributed by atoms with Crippen molar-refractivity contribution >= 4 is 17.4 Å². The molecule has 0 radical (unpaired) electrons. The smallest absolute Gasteiger partial charge is 0.0529 e. The van der Waals surface area contributed by atoms with Gasteiger partial charge in [-0.15, -0.1) is 11.8 Å². The lowest BCUT2D eigenvalue weighted by Gasteiger charge is -2.20. The number of benzene rings is 2. The van der Waals surface area contributed by atoms with Crippen LogP contribution < -0.4 is 10.6 Å². The van der Waals surface area contributed by atoms with Crippen LogP contribution in [0.5, 0.6) is 0 Å². The predicted molar refractivity (Wildman–Crippen MR) is 87.4 cm³/mol. The first-order valence-electron chi connectivity index (χ1n) is 7.06. The van der Waals surface area contributed by atoms with Gasteiger partial charge in [-0.25, -0.2) is 0 Å². The molecule has 0 fully saturated rings. The third-order valence-corrected chi connectivity index (χ3v) is 4.49. The number of thioether (sulfide) groups is 1. The van der Waals surface area contributed by atoms with Crippen LogP contribution in [-0.2, 0) is 6.54 Å². The van der Waals surface area contributed by atoms with E-state index in [2.05, 4.69) is 65.4 Å². The van der Waals surface area contributed by atoms with Crippen LogP contribution in [0.4, 0.5) is 5.69 Å². The van der Waals surface area contributed by atoms with E-state index in [1.807, 2.05) is 0 Å². The minimum atomic E-state index is 0.387. The van der Waals surface area contributed by atoms with E-state index in [1.54, 1.807) is 11.8 Å². The van der Waals surface area contributed by atoms with Crippen LogP contribution in [0.3, 0.4) is 0 Å². The molecule has 1 unspecified atom stereocenters. The van der Waals surface area contributed by atoms with Crippen LogP contribution in [0.15, 0.2) is 53.4 Å². The number of hydrogen-bond acceptors (Lipinski definition) is 3. The van der Waals surface area contributed by atoms with E-state index in [1.165, 1.54) is 21.7 Å². The van der Waals surface area contributed by atoms with Gasteiger partial charge < -0.3 is 10.6 Å². The number of rotatable bonds is 3. The van der Waals surface area contributed by atoms with E-state index in [0.717, 1.165) is 19.5 Å². The first-order chi connectivity index (χ1) is 9.86. The van der Waals surface area contributed by atoms with Crippen molar-refractivity contribution in [2.24, 2.45) is 0 Å². The molecular weight excluding hydrogens is 264 g/mol. The molecule has 0 spiro atoms. The zero-order valence-corrected chi connectivity index (χ0v) is 12.5. The molecule has 0 aromatic heterocycles. The van der Waals surface area contributed by atoms with Gasteiger partial charge in [0.2, 0.25) is 0 Å². The molecule has 1 atom stereocenters. The van der Waals surface area contributed by atoms with Crippen LogP contribution in [0.1, 0.15) is 23.6 Å². The quantitative estimate of drug-likeness (QED) is 0.831. The first-order valence-corrected chi connectivity index (χ1v) is 8.28. The Labute approximate surface area is 125 Å². The van der Waals surface area contributed by atoms with Gasteiger partial charge in [-0.2, -0.15) is 0 Å². The average Bonchev–Trinajstić information content (AvgIpc) is 2.70. The lowest BCUT2D eigenvalue weighted by atomic mass is 9.99. The molecule has 1 aliphatic heterocycles. The number of hydrogen-bond donors (Lipinski definition) is 2. The maximum atomic E-state index is 3.70. The summed E-state index contributed by atoms with van der Waals surface area (Å²) in [5.41, 5.74) is 4.04. The molecule has 0 saturated carbocycles. The van der Waals surface area contributed by atoms with Gasteiger partial charge in [-0.3, -0.25) is 0 Å². The van der Waals surface area contributed by atoms with Crippen molar-refractivity contribution in [1.82, 2.24) is 5.32 Å². The van der Waals surface area contributed by atoms with Gasteiger partial charge in [0.05, 0.1) is 6.04 Å². The van der Waals surface area contributed by atoms with Crippen LogP contribution in [0, 0.1) is 0 Å². The van der Waals surface area contributed by atoms with Gasteiger partial charge in [0.15, 0.2) is 0 Å². The molecule has 0 amide bonds. The second-order valence-corrected chi connectivity index (χ2v) is 5.97. The Morgan fingerprint density at radius 3 is 2.95 bits per heavy atom. The lowest BCUT2D eigenvalue weighted by molar-refractivity contribution is 0.637. The van der Waals surface area contributed by atoms with Crippen LogP contribution in [0.2, 0.25) is 0 Å². The summed E-state index contributed by atoms with van der Waals surface area (Å²) in [5, 5.41) is 7.20. The normalized spacial score (nSPS) is 18.1. The Bertz CT molecular complexity index is 583. The highest BCUT2D eigenvalue weighted by Crippen LogP contribution is 2.28. The molecule has 2 nitrogen and oxygen atoms in total. The summed E-state index contributed by atoms with van der Waals surface area (Å²) in [5.74, 6) is 0. The lowest BCUT2D eigenvalue weighted by Crippen LogP contribution is -2.15. The van der Waals surface area contributed by atoms with Crippen molar-refractivity contribution in [1.29, 1.82) is 0 Å². The fourth-order valence-corrected chi connectivity index (χ4v) is 3.18. The first kappa shape index (κ1) is 13.5. The molecule has 3 heteroatoms. The zero-order valence-electron chi connectivity index (χ0n) is 11.7. The largest absolute Gasteiger partial charge is 0.378 e. The predicted octanol–water partition coefficient (Wildman–Crippen LogP) is 4.06. The van der Waals surface area contributed by atoms with E-state index >= 15 is 0 Å². The Morgan fingerprint density at radius 1 is 1.15 bits per heavy atom. The Kier molecular flexibility index (Phi) is 4.28. The van der Waals surface area contributed by atoms with Crippen LogP contribution in [-0.4, -0.2) is 12.8 Å². The van der Waals surface area contributed by atoms with E-state index in [4.69, 9.17) is 0 Å². The number of fused-ring (bicyclic) bond motifs is 1. The molecule has 0 saturated heterocycles. The van der Waals surface area contributed by atoms with Crippen molar-refractivity contribution in [3.8, 4) is 0 Å². The van der Waals surface area contributed by atoms with Gasteiger partial charge >= 0.3 is 0 Å².